The zero-order valence-corrected chi connectivity index (χ0v) is 12.0. The number of rotatable bonds is 4. The summed E-state index contributed by atoms with van der Waals surface area (Å²) >= 11 is 0. The van der Waals surface area contributed by atoms with Crippen molar-refractivity contribution in [2.45, 2.75) is 39.5 Å². The second kappa shape index (κ2) is 5.74. The van der Waals surface area contributed by atoms with Gasteiger partial charge in [-0.05, 0) is 44.4 Å². The van der Waals surface area contributed by atoms with Crippen molar-refractivity contribution in [2.24, 2.45) is 11.1 Å². The Hall–Kier alpha value is -1.35. The van der Waals surface area contributed by atoms with Gasteiger partial charge in [-0.1, -0.05) is 25.0 Å². The molecule has 0 spiro atoms. The Kier molecular flexibility index (Phi) is 4.25. The SMILES string of the molecule is CCN(C(=O)C1(CN)CCCC1)c1cccc(C)c1. The zero-order chi connectivity index (χ0) is 13.9. The maximum Gasteiger partial charge on any atom is 0.234 e. The van der Waals surface area contributed by atoms with E-state index in [4.69, 9.17) is 5.73 Å². The summed E-state index contributed by atoms with van der Waals surface area (Å²) in [6, 6.07) is 8.13. The fraction of sp³-hybridized carbons (Fsp3) is 0.562. The summed E-state index contributed by atoms with van der Waals surface area (Å²) in [7, 11) is 0. The van der Waals surface area contributed by atoms with Crippen molar-refractivity contribution in [3.8, 4) is 0 Å². The van der Waals surface area contributed by atoms with Gasteiger partial charge >= 0.3 is 0 Å². The van der Waals surface area contributed by atoms with Gasteiger partial charge in [0.05, 0.1) is 5.41 Å². The minimum Gasteiger partial charge on any atom is -0.329 e. The molecule has 1 saturated carbocycles. The van der Waals surface area contributed by atoms with Crippen LogP contribution in [0.5, 0.6) is 0 Å². The molecule has 3 heteroatoms. The van der Waals surface area contributed by atoms with Gasteiger partial charge in [0.2, 0.25) is 5.91 Å². The molecule has 0 heterocycles. The Morgan fingerprint density at radius 1 is 1.37 bits per heavy atom. The molecule has 104 valence electrons. The number of nitrogens with two attached hydrogens (primary N) is 1. The van der Waals surface area contributed by atoms with Crippen LogP contribution >= 0.6 is 0 Å². The summed E-state index contributed by atoms with van der Waals surface area (Å²) in [6.45, 7) is 5.24. The van der Waals surface area contributed by atoms with Gasteiger partial charge in [0.15, 0.2) is 0 Å². The van der Waals surface area contributed by atoms with Crippen molar-refractivity contribution in [1.82, 2.24) is 0 Å². The van der Waals surface area contributed by atoms with Gasteiger partial charge in [0, 0.05) is 18.8 Å². The van der Waals surface area contributed by atoms with Gasteiger partial charge in [0.1, 0.15) is 0 Å². The second-order valence-corrected chi connectivity index (χ2v) is 5.58. The number of anilines is 1. The van der Waals surface area contributed by atoms with Gasteiger partial charge in [-0.25, -0.2) is 0 Å². The van der Waals surface area contributed by atoms with Gasteiger partial charge in [-0.2, -0.15) is 0 Å². The number of nitrogens with zero attached hydrogens (tertiary/aromatic N) is 1. The van der Waals surface area contributed by atoms with Crippen LogP contribution in [0, 0.1) is 12.3 Å². The number of benzene rings is 1. The number of carbonyl (C=O) groups excluding carboxylic acids is 1. The van der Waals surface area contributed by atoms with E-state index in [2.05, 4.69) is 19.1 Å². The normalized spacial score (nSPS) is 17.4. The monoisotopic (exact) mass is 260 g/mol. The Morgan fingerprint density at radius 3 is 2.58 bits per heavy atom. The first-order valence-corrected chi connectivity index (χ1v) is 7.21. The lowest BCUT2D eigenvalue weighted by Gasteiger charge is -2.33. The van der Waals surface area contributed by atoms with Crippen molar-refractivity contribution in [3.63, 3.8) is 0 Å². The highest BCUT2D eigenvalue weighted by Crippen LogP contribution is 2.39. The van der Waals surface area contributed by atoms with E-state index in [1.165, 1.54) is 5.56 Å². The van der Waals surface area contributed by atoms with Crippen molar-refractivity contribution >= 4 is 11.6 Å². The lowest BCUT2D eigenvalue weighted by Crippen LogP contribution is -2.46. The number of hydrogen-bond donors (Lipinski definition) is 1. The maximum atomic E-state index is 12.9. The van der Waals surface area contributed by atoms with Crippen molar-refractivity contribution in [2.75, 3.05) is 18.0 Å². The fourth-order valence-corrected chi connectivity index (χ4v) is 3.08. The molecule has 1 amide bonds. The maximum absolute atomic E-state index is 12.9. The Bertz CT molecular complexity index is 450. The first kappa shape index (κ1) is 14.1. The molecule has 19 heavy (non-hydrogen) atoms. The first-order chi connectivity index (χ1) is 9.13. The molecule has 1 aliphatic rings. The third-order valence-electron chi connectivity index (χ3n) is 4.28. The average molecular weight is 260 g/mol. The number of carbonyl (C=O) groups is 1. The van der Waals surface area contributed by atoms with E-state index in [0.29, 0.717) is 13.1 Å². The molecule has 1 fully saturated rings. The quantitative estimate of drug-likeness (QED) is 0.904. The Balaban J connectivity index is 2.29. The molecule has 1 aliphatic carbocycles. The number of hydrogen-bond acceptors (Lipinski definition) is 2. The molecular formula is C16H24N2O. The highest BCUT2D eigenvalue weighted by Gasteiger charge is 2.42. The zero-order valence-electron chi connectivity index (χ0n) is 12.0. The third kappa shape index (κ3) is 2.66. The molecule has 0 atom stereocenters. The van der Waals surface area contributed by atoms with Crippen LogP contribution in [-0.4, -0.2) is 19.0 Å². The van der Waals surface area contributed by atoms with Crippen LogP contribution in [-0.2, 0) is 4.79 Å². The molecule has 2 rings (SSSR count). The van der Waals surface area contributed by atoms with Crippen LogP contribution in [0.25, 0.3) is 0 Å². The molecule has 0 unspecified atom stereocenters. The predicted molar refractivity (Wildman–Crippen MR) is 79.2 cm³/mol. The molecular weight excluding hydrogens is 236 g/mol. The van der Waals surface area contributed by atoms with E-state index in [1.54, 1.807) is 0 Å². The Morgan fingerprint density at radius 2 is 2.05 bits per heavy atom. The van der Waals surface area contributed by atoms with Crippen LogP contribution in [0.3, 0.4) is 0 Å². The summed E-state index contributed by atoms with van der Waals surface area (Å²) in [5.41, 5.74) is 7.77. The lowest BCUT2D eigenvalue weighted by atomic mass is 9.84. The summed E-state index contributed by atoms with van der Waals surface area (Å²) in [6.07, 6.45) is 4.11. The summed E-state index contributed by atoms with van der Waals surface area (Å²) < 4.78 is 0. The van der Waals surface area contributed by atoms with Crippen LogP contribution in [0.2, 0.25) is 0 Å². The molecule has 0 radical (unpaired) electrons. The van der Waals surface area contributed by atoms with Crippen LogP contribution in [0.15, 0.2) is 24.3 Å². The van der Waals surface area contributed by atoms with E-state index < -0.39 is 0 Å². The van der Waals surface area contributed by atoms with Crippen molar-refractivity contribution in [1.29, 1.82) is 0 Å². The first-order valence-electron chi connectivity index (χ1n) is 7.21. The minimum atomic E-state index is -0.320. The van der Waals surface area contributed by atoms with Gasteiger partial charge < -0.3 is 10.6 Å². The van der Waals surface area contributed by atoms with E-state index >= 15 is 0 Å². The molecule has 1 aromatic rings. The molecule has 2 N–H and O–H groups in total. The van der Waals surface area contributed by atoms with E-state index in [-0.39, 0.29) is 11.3 Å². The molecule has 0 bridgehead atoms. The van der Waals surface area contributed by atoms with Crippen molar-refractivity contribution < 1.29 is 4.79 Å². The summed E-state index contributed by atoms with van der Waals surface area (Å²) in [4.78, 5) is 14.8. The number of aryl methyl sites for hydroxylation is 1. The lowest BCUT2D eigenvalue weighted by molar-refractivity contribution is -0.127. The smallest absolute Gasteiger partial charge is 0.234 e. The largest absolute Gasteiger partial charge is 0.329 e. The highest BCUT2D eigenvalue weighted by molar-refractivity contribution is 5.98. The summed E-state index contributed by atoms with van der Waals surface area (Å²) in [5, 5.41) is 0. The minimum absolute atomic E-state index is 0.209. The van der Waals surface area contributed by atoms with Gasteiger partial charge in [-0.3, -0.25) is 4.79 Å². The average Bonchev–Trinajstić information content (AvgIpc) is 2.89. The fourth-order valence-electron chi connectivity index (χ4n) is 3.08. The topological polar surface area (TPSA) is 46.3 Å². The van der Waals surface area contributed by atoms with Crippen LogP contribution < -0.4 is 10.6 Å². The molecule has 0 aliphatic heterocycles. The predicted octanol–water partition coefficient (Wildman–Crippen LogP) is 2.87. The molecule has 0 saturated heterocycles. The van der Waals surface area contributed by atoms with Gasteiger partial charge in [0.25, 0.3) is 0 Å². The van der Waals surface area contributed by atoms with Gasteiger partial charge in [-0.15, -0.1) is 0 Å². The second-order valence-electron chi connectivity index (χ2n) is 5.58. The summed E-state index contributed by atoms with van der Waals surface area (Å²) in [5.74, 6) is 0.209. The van der Waals surface area contributed by atoms with E-state index in [0.717, 1.165) is 31.4 Å². The Labute approximate surface area is 115 Å². The number of amides is 1. The van der Waals surface area contributed by atoms with E-state index in [9.17, 15) is 4.79 Å². The third-order valence-corrected chi connectivity index (χ3v) is 4.28. The molecule has 0 aromatic heterocycles. The molecule has 1 aromatic carbocycles. The highest BCUT2D eigenvalue weighted by atomic mass is 16.2. The van der Waals surface area contributed by atoms with Crippen LogP contribution in [0.4, 0.5) is 5.69 Å². The van der Waals surface area contributed by atoms with Crippen molar-refractivity contribution in [3.05, 3.63) is 29.8 Å². The van der Waals surface area contributed by atoms with Crippen LogP contribution in [0.1, 0.15) is 38.2 Å². The standard InChI is InChI=1S/C16H24N2O/c1-3-18(14-8-6-7-13(2)11-14)15(19)16(12-17)9-4-5-10-16/h6-8,11H,3-5,9-10,12,17H2,1-2H3. The van der Waals surface area contributed by atoms with E-state index in [1.807, 2.05) is 24.0 Å². The molecule has 3 nitrogen and oxygen atoms in total.